The first kappa shape index (κ1) is 17.5. The smallest absolute Gasteiger partial charge is 0.109 e. The van der Waals surface area contributed by atoms with Gasteiger partial charge in [-0.1, -0.05) is 27.2 Å². The third-order valence-corrected chi connectivity index (χ3v) is 5.10. The zero-order valence-electron chi connectivity index (χ0n) is 13.9. The normalized spacial score (nSPS) is 27.7. The lowest BCUT2D eigenvalue weighted by Gasteiger charge is -2.33. The quantitative estimate of drug-likeness (QED) is 0.701. The molecule has 3 heteroatoms. The van der Waals surface area contributed by atoms with Crippen molar-refractivity contribution in [2.24, 2.45) is 5.92 Å². The van der Waals surface area contributed by atoms with Gasteiger partial charge in [-0.05, 0) is 64.6 Å². The summed E-state index contributed by atoms with van der Waals surface area (Å²) in [5.41, 5.74) is -0.245. The van der Waals surface area contributed by atoms with Crippen LogP contribution in [-0.2, 0) is 0 Å². The van der Waals surface area contributed by atoms with E-state index in [1.54, 1.807) is 0 Å². The fourth-order valence-electron chi connectivity index (χ4n) is 3.51. The minimum Gasteiger partial charge on any atom is -0.301 e. The number of nitrogens with one attached hydrogen (secondary N) is 1. The Bertz CT molecular complexity index is 310. The van der Waals surface area contributed by atoms with Gasteiger partial charge in [0, 0.05) is 6.04 Å². The van der Waals surface area contributed by atoms with Crippen LogP contribution in [0.1, 0.15) is 66.2 Å². The molecule has 1 aliphatic carbocycles. The van der Waals surface area contributed by atoms with Crippen molar-refractivity contribution in [3.63, 3.8) is 0 Å². The Hall–Kier alpha value is -0.590. The fourth-order valence-corrected chi connectivity index (χ4v) is 3.51. The minimum atomic E-state index is -0.245. The van der Waals surface area contributed by atoms with E-state index in [9.17, 15) is 5.26 Å². The second-order valence-corrected chi connectivity index (χ2v) is 6.27. The second-order valence-electron chi connectivity index (χ2n) is 6.27. The maximum absolute atomic E-state index is 9.67. The topological polar surface area (TPSA) is 39.1 Å². The van der Waals surface area contributed by atoms with Crippen LogP contribution in [-0.4, -0.2) is 36.1 Å². The highest BCUT2D eigenvalue weighted by Crippen LogP contribution is 2.37. The van der Waals surface area contributed by atoms with Crippen molar-refractivity contribution in [3.8, 4) is 6.07 Å². The molecule has 3 unspecified atom stereocenters. The van der Waals surface area contributed by atoms with E-state index in [1.807, 2.05) is 0 Å². The van der Waals surface area contributed by atoms with Gasteiger partial charge < -0.3 is 4.90 Å². The molecule has 0 aliphatic heterocycles. The Morgan fingerprint density at radius 2 is 2.15 bits per heavy atom. The molecular weight excluding hydrogens is 246 g/mol. The van der Waals surface area contributed by atoms with E-state index in [0.29, 0.717) is 12.0 Å². The van der Waals surface area contributed by atoms with Crippen LogP contribution in [0.3, 0.4) is 0 Å². The number of nitriles is 1. The van der Waals surface area contributed by atoms with Gasteiger partial charge in [0.15, 0.2) is 0 Å². The van der Waals surface area contributed by atoms with Crippen LogP contribution in [0.15, 0.2) is 0 Å². The summed E-state index contributed by atoms with van der Waals surface area (Å²) in [7, 11) is 0. The SMILES string of the molecule is CCCNC1(C#N)CCCC1CCN(CC)C(C)CC. The Morgan fingerprint density at radius 1 is 1.40 bits per heavy atom. The molecule has 3 atom stereocenters. The molecule has 1 rings (SSSR count). The molecule has 0 radical (unpaired) electrons. The van der Waals surface area contributed by atoms with Crippen LogP contribution in [0.4, 0.5) is 0 Å². The average Bonchev–Trinajstić information content (AvgIpc) is 2.88. The molecule has 0 amide bonds. The zero-order chi connectivity index (χ0) is 15.0. The van der Waals surface area contributed by atoms with Crippen molar-refractivity contribution < 1.29 is 0 Å². The summed E-state index contributed by atoms with van der Waals surface area (Å²) in [5, 5.41) is 13.2. The molecule has 0 saturated heterocycles. The monoisotopic (exact) mass is 279 g/mol. The summed E-state index contributed by atoms with van der Waals surface area (Å²) in [4.78, 5) is 2.56. The summed E-state index contributed by atoms with van der Waals surface area (Å²) in [6, 6.07) is 3.27. The van der Waals surface area contributed by atoms with Gasteiger partial charge in [-0.15, -0.1) is 0 Å². The summed E-state index contributed by atoms with van der Waals surface area (Å²) < 4.78 is 0. The summed E-state index contributed by atoms with van der Waals surface area (Å²) >= 11 is 0. The van der Waals surface area contributed by atoms with E-state index in [-0.39, 0.29) is 5.54 Å². The Balaban J connectivity index is 2.58. The van der Waals surface area contributed by atoms with Gasteiger partial charge in [0.05, 0.1) is 6.07 Å². The molecule has 0 aromatic carbocycles. The van der Waals surface area contributed by atoms with E-state index in [0.717, 1.165) is 38.9 Å². The number of nitrogens with zero attached hydrogens (tertiary/aromatic N) is 2. The Labute approximate surface area is 125 Å². The van der Waals surface area contributed by atoms with E-state index < -0.39 is 0 Å². The van der Waals surface area contributed by atoms with E-state index in [1.165, 1.54) is 19.3 Å². The van der Waals surface area contributed by atoms with Gasteiger partial charge in [0.2, 0.25) is 0 Å². The van der Waals surface area contributed by atoms with Crippen molar-refractivity contribution in [2.75, 3.05) is 19.6 Å². The number of hydrogen-bond acceptors (Lipinski definition) is 3. The maximum Gasteiger partial charge on any atom is 0.109 e. The molecule has 116 valence electrons. The van der Waals surface area contributed by atoms with Crippen molar-refractivity contribution in [2.45, 2.75) is 77.8 Å². The van der Waals surface area contributed by atoms with Crippen molar-refractivity contribution >= 4 is 0 Å². The Morgan fingerprint density at radius 3 is 2.70 bits per heavy atom. The standard InChI is InChI=1S/C17H33N3/c1-5-12-19-17(14-18)11-8-9-16(17)10-13-20(7-3)15(4)6-2/h15-16,19H,5-13H2,1-4H3. The Kier molecular flexibility index (Phi) is 7.55. The molecule has 1 aliphatic rings. The van der Waals surface area contributed by atoms with Crippen molar-refractivity contribution in [3.05, 3.63) is 0 Å². The van der Waals surface area contributed by atoms with Crippen LogP contribution in [0.5, 0.6) is 0 Å². The zero-order valence-corrected chi connectivity index (χ0v) is 13.9. The summed E-state index contributed by atoms with van der Waals surface area (Å²) in [5.74, 6) is 0.525. The van der Waals surface area contributed by atoms with Crippen LogP contribution >= 0.6 is 0 Å². The minimum absolute atomic E-state index is 0.245. The lowest BCUT2D eigenvalue weighted by Crippen LogP contribution is -2.48. The van der Waals surface area contributed by atoms with Crippen LogP contribution < -0.4 is 5.32 Å². The number of rotatable bonds is 9. The number of hydrogen-bond donors (Lipinski definition) is 1. The molecule has 1 saturated carbocycles. The van der Waals surface area contributed by atoms with Gasteiger partial charge in [-0.3, -0.25) is 5.32 Å². The first-order chi connectivity index (χ1) is 9.63. The predicted octanol–water partition coefficient (Wildman–Crippen LogP) is 3.56. The molecule has 20 heavy (non-hydrogen) atoms. The van der Waals surface area contributed by atoms with Gasteiger partial charge >= 0.3 is 0 Å². The van der Waals surface area contributed by atoms with E-state index >= 15 is 0 Å². The molecule has 0 bridgehead atoms. The highest BCUT2D eigenvalue weighted by atomic mass is 15.1. The predicted molar refractivity (Wildman–Crippen MR) is 85.6 cm³/mol. The molecular formula is C17H33N3. The molecule has 0 aromatic heterocycles. The summed E-state index contributed by atoms with van der Waals surface area (Å²) in [6.45, 7) is 12.2. The van der Waals surface area contributed by atoms with Gasteiger partial charge in [-0.25, -0.2) is 0 Å². The molecule has 0 spiro atoms. The molecule has 0 heterocycles. The highest BCUT2D eigenvalue weighted by molar-refractivity contribution is 5.14. The summed E-state index contributed by atoms with van der Waals surface area (Å²) in [6.07, 6.45) is 6.90. The van der Waals surface area contributed by atoms with Crippen LogP contribution in [0.25, 0.3) is 0 Å². The van der Waals surface area contributed by atoms with Crippen LogP contribution in [0.2, 0.25) is 0 Å². The van der Waals surface area contributed by atoms with Crippen molar-refractivity contribution in [1.82, 2.24) is 10.2 Å². The lowest BCUT2D eigenvalue weighted by molar-refractivity contribution is 0.184. The van der Waals surface area contributed by atoms with E-state index in [2.05, 4.69) is 44.0 Å². The second kappa shape index (κ2) is 8.64. The molecule has 3 nitrogen and oxygen atoms in total. The molecule has 0 aromatic rings. The van der Waals surface area contributed by atoms with Gasteiger partial charge in [-0.2, -0.15) is 5.26 Å². The molecule has 1 N–H and O–H groups in total. The third kappa shape index (κ3) is 4.20. The first-order valence-corrected chi connectivity index (χ1v) is 8.53. The maximum atomic E-state index is 9.67. The van der Waals surface area contributed by atoms with Gasteiger partial charge in [0.25, 0.3) is 0 Å². The van der Waals surface area contributed by atoms with Crippen molar-refractivity contribution in [1.29, 1.82) is 5.26 Å². The highest BCUT2D eigenvalue weighted by Gasteiger charge is 2.42. The largest absolute Gasteiger partial charge is 0.301 e. The average molecular weight is 279 g/mol. The lowest BCUT2D eigenvalue weighted by atomic mass is 9.85. The van der Waals surface area contributed by atoms with Gasteiger partial charge in [0.1, 0.15) is 5.54 Å². The van der Waals surface area contributed by atoms with Crippen LogP contribution in [0, 0.1) is 17.2 Å². The molecule has 1 fully saturated rings. The fraction of sp³-hybridized carbons (Fsp3) is 0.941. The van der Waals surface area contributed by atoms with E-state index in [4.69, 9.17) is 0 Å². The first-order valence-electron chi connectivity index (χ1n) is 8.53. The third-order valence-electron chi connectivity index (χ3n) is 5.10.